The van der Waals surface area contributed by atoms with Crippen molar-refractivity contribution in [2.24, 2.45) is 5.92 Å². The number of carboxylic acid groups (broad SMARTS) is 1. The van der Waals surface area contributed by atoms with Crippen molar-refractivity contribution in [3.05, 3.63) is 29.6 Å². The molecule has 0 unspecified atom stereocenters. The lowest BCUT2D eigenvalue weighted by Crippen LogP contribution is -2.34. The topological polar surface area (TPSA) is 62.7 Å². The highest BCUT2D eigenvalue weighted by molar-refractivity contribution is 5.85. The van der Waals surface area contributed by atoms with Crippen LogP contribution in [-0.2, 0) is 11.3 Å². The van der Waals surface area contributed by atoms with Crippen molar-refractivity contribution >= 4 is 5.97 Å². The minimum absolute atomic E-state index is 0.117. The van der Waals surface area contributed by atoms with E-state index >= 15 is 0 Å². The molecule has 1 fully saturated rings. The number of piperidine rings is 1. The molecular formula is C14H20N2O3. The van der Waals surface area contributed by atoms with Crippen molar-refractivity contribution in [2.45, 2.75) is 19.4 Å². The number of aromatic nitrogens is 1. The van der Waals surface area contributed by atoms with E-state index in [1.807, 2.05) is 6.07 Å². The van der Waals surface area contributed by atoms with Gasteiger partial charge in [-0.15, -0.1) is 0 Å². The van der Waals surface area contributed by atoms with Gasteiger partial charge in [-0.1, -0.05) is 0 Å². The summed E-state index contributed by atoms with van der Waals surface area (Å²) in [5.41, 5.74) is 1.13. The van der Waals surface area contributed by atoms with Gasteiger partial charge >= 0.3 is 5.97 Å². The third-order valence-electron chi connectivity index (χ3n) is 3.56. The molecule has 0 bridgehead atoms. The normalized spacial score (nSPS) is 17.5. The summed E-state index contributed by atoms with van der Waals surface area (Å²) in [4.78, 5) is 17.1. The molecule has 19 heavy (non-hydrogen) atoms. The molecule has 1 N–H and O–H groups in total. The Labute approximate surface area is 113 Å². The fraction of sp³-hybridized carbons (Fsp3) is 0.571. The first-order valence-corrected chi connectivity index (χ1v) is 6.58. The van der Waals surface area contributed by atoms with Crippen LogP contribution in [0.25, 0.3) is 0 Å². The van der Waals surface area contributed by atoms with Crippen LogP contribution in [-0.4, -0.2) is 47.8 Å². The van der Waals surface area contributed by atoms with Crippen LogP contribution in [0.1, 0.15) is 28.9 Å². The zero-order valence-corrected chi connectivity index (χ0v) is 11.2. The first-order valence-electron chi connectivity index (χ1n) is 6.58. The Hall–Kier alpha value is -1.46. The molecule has 0 saturated carbocycles. The number of pyridine rings is 1. The molecule has 0 aromatic carbocycles. The molecule has 1 aromatic rings. The molecule has 1 saturated heterocycles. The van der Waals surface area contributed by atoms with Crippen LogP contribution in [0.4, 0.5) is 0 Å². The number of carboxylic acids is 1. The fourth-order valence-electron chi connectivity index (χ4n) is 2.49. The Balaban J connectivity index is 1.88. The highest BCUT2D eigenvalue weighted by Crippen LogP contribution is 2.19. The second-order valence-corrected chi connectivity index (χ2v) is 5.03. The smallest absolute Gasteiger partial charge is 0.354 e. The van der Waals surface area contributed by atoms with Crippen LogP contribution < -0.4 is 0 Å². The predicted octanol–water partition coefficient (Wildman–Crippen LogP) is 1.64. The molecule has 2 heterocycles. The van der Waals surface area contributed by atoms with Crippen LogP contribution >= 0.6 is 0 Å². The number of nitrogens with zero attached hydrogens (tertiary/aromatic N) is 2. The van der Waals surface area contributed by atoms with E-state index in [1.165, 1.54) is 0 Å². The molecule has 0 atom stereocenters. The van der Waals surface area contributed by atoms with Gasteiger partial charge in [-0.25, -0.2) is 9.78 Å². The standard InChI is InChI=1S/C14H20N2O3/c1-19-10-11-3-6-16(7-4-11)9-12-2-5-15-13(8-12)14(17)18/h2,5,8,11H,3-4,6-7,9-10H2,1H3,(H,17,18). The van der Waals surface area contributed by atoms with Crippen molar-refractivity contribution in [1.82, 2.24) is 9.88 Å². The molecule has 0 spiro atoms. The van der Waals surface area contributed by atoms with E-state index < -0.39 is 5.97 Å². The molecule has 5 heteroatoms. The summed E-state index contributed by atoms with van der Waals surface area (Å²) in [6.07, 6.45) is 3.85. The maximum atomic E-state index is 10.9. The molecule has 0 radical (unpaired) electrons. The van der Waals surface area contributed by atoms with Gasteiger partial charge in [0.2, 0.25) is 0 Å². The molecule has 104 valence electrons. The maximum absolute atomic E-state index is 10.9. The maximum Gasteiger partial charge on any atom is 0.354 e. The first kappa shape index (κ1) is 14.0. The summed E-state index contributed by atoms with van der Waals surface area (Å²) in [6.45, 7) is 3.71. The largest absolute Gasteiger partial charge is 0.477 e. The Morgan fingerprint density at radius 1 is 1.53 bits per heavy atom. The van der Waals surface area contributed by atoms with E-state index in [-0.39, 0.29) is 5.69 Å². The van der Waals surface area contributed by atoms with Crippen molar-refractivity contribution in [3.8, 4) is 0 Å². The lowest BCUT2D eigenvalue weighted by molar-refractivity contribution is 0.0690. The minimum Gasteiger partial charge on any atom is -0.477 e. The van der Waals surface area contributed by atoms with E-state index in [4.69, 9.17) is 9.84 Å². The highest BCUT2D eigenvalue weighted by atomic mass is 16.5. The van der Waals surface area contributed by atoms with Crippen LogP contribution in [0.5, 0.6) is 0 Å². The quantitative estimate of drug-likeness (QED) is 0.876. The van der Waals surface area contributed by atoms with Crippen molar-refractivity contribution < 1.29 is 14.6 Å². The van der Waals surface area contributed by atoms with Crippen molar-refractivity contribution in [2.75, 3.05) is 26.8 Å². The molecule has 1 aliphatic heterocycles. The average molecular weight is 264 g/mol. The molecule has 1 aliphatic rings. The monoisotopic (exact) mass is 264 g/mol. The molecule has 0 amide bonds. The summed E-state index contributed by atoms with van der Waals surface area (Å²) in [5.74, 6) is -0.311. The molecule has 1 aromatic heterocycles. The zero-order valence-electron chi connectivity index (χ0n) is 11.2. The van der Waals surface area contributed by atoms with Gasteiger partial charge in [-0.2, -0.15) is 0 Å². The van der Waals surface area contributed by atoms with Crippen LogP contribution in [0, 0.1) is 5.92 Å². The Kier molecular flexibility index (Phi) is 4.87. The third-order valence-corrected chi connectivity index (χ3v) is 3.56. The van der Waals surface area contributed by atoms with Gasteiger partial charge in [-0.3, -0.25) is 4.90 Å². The lowest BCUT2D eigenvalue weighted by Gasteiger charge is -2.31. The molecule has 0 aliphatic carbocycles. The van der Waals surface area contributed by atoms with Gasteiger partial charge in [0.15, 0.2) is 0 Å². The summed E-state index contributed by atoms with van der Waals surface area (Å²) < 4.78 is 5.18. The predicted molar refractivity (Wildman–Crippen MR) is 71.1 cm³/mol. The van der Waals surface area contributed by atoms with Crippen molar-refractivity contribution in [1.29, 1.82) is 0 Å². The molecular weight excluding hydrogens is 244 g/mol. The summed E-state index contributed by atoms with van der Waals surface area (Å²) >= 11 is 0. The summed E-state index contributed by atoms with van der Waals surface area (Å²) in [6, 6.07) is 3.54. The number of hydrogen-bond acceptors (Lipinski definition) is 4. The third kappa shape index (κ3) is 4.01. The SMILES string of the molecule is COCC1CCN(Cc2ccnc(C(=O)O)c2)CC1. The van der Waals surface area contributed by atoms with Gasteiger partial charge in [-0.05, 0) is 49.5 Å². The van der Waals surface area contributed by atoms with Gasteiger partial charge < -0.3 is 9.84 Å². The van der Waals surface area contributed by atoms with Crippen LogP contribution in [0.15, 0.2) is 18.3 Å². The first-order chi connectivity index (χ1) is 9.19. The number of aromatic carboxylic acids is 1. The van der Waals surface area contributed by atoms with Crippen LogP contribution in [0.2, 0.25) is 0 Å². The number of rotatable bonds is 5. The number of carbonyl (C=O) groups is 1. The van der Waals surface area contributed by atoms with E-state index in [2.05, 4.69) is 9.88 Å². The number of likely N-dealkylation sites (tertiary alicyclic amines) is 1. The lowest BCUT2D eigenvalue weighted by atomic mass is 9.97. The van der Waals surface area contributed by atoms with E-state index in [1.54, 1.807) is 19.4 Å². The van der Waals surface area contributed by atoms with Crippen molar-refractivity contribution in [3.63, 3.8) is 0 Å². The average Bonchev–Trinajstić information content (AvgIpc) is 2.42. The van der Waals surface area contributed by atoms with E-state index in [0.717, 1.165) is 44.6 Å². The Morgan fingerprint density at radius 2 is 2.26 bits per heavy atom. The van der Waals surface area contributed by atoms with Gasteiger partial charge in [0.25, 0.3) is 0 Å². The Morgan fingerprint density at radius 3 is 2.89 bits per heavy atom. The zero-order chi connectivity index (χ0) is 13.7. The number of hydrogen-bond donors (Lipinski definition) is 1. The van der Waals surface area contributed by atoms with Gasteiger partial charge in [0.05, 0.1) is 0 Å². The van der Waals surface area contributed by atoms with Gasteiger partial charge in [0.1, 0.15) is 5.69 Å². The minimum atomic E-state index is -0.972. The second kappa shape index (κ2) is 6.63. The number of methoxy groups -OCH3 is 1. The van der Waals surface area contributed by atoms with E-state index in [9.17, 15) is 4.79 Å². The molecule has 5 nitrogen and oxygen atoms in total. The number of ether oxygens (including phenoxy) is 1. The summed E-state index contributed by atoms with van der Waals surface area (Å²) in [5, 5.41) is 8.92. The van der Waals surface area contributed by atoms with Crippen LogP contribution in [0.3, 0.4) is 0 Å². The highest BCUT2D eigenvalue weighted by Gasteiger charge is 2.19. The fourth-order valence-corrected chi connectivity index (χ4v) is 2.49. The van der Waals surface area contributed by atoms with Gasteiger partial charge in [0, 0.05) is 26.5 Å². The van der Waals surface area contributed by atoms with E-state index in [0.29, 0.717) is 5.92 Å². The Bertz CT molecular complexity index is 428. The second-order valence-electron chi connectivity index (χ2n) is 5.03. The summed E-state index contributed by atoms with van der Waals surface area (Å²) in [7, 11) is 1.75. The molecule has 2 rings (SSSR count).